The summed E-state index contributed by atoms with van der Waals surface area (Å²) in [4.78, 5) is 22.9. The summed E-state index contributed by atoms with van der Waals surface area (Å²) in [6.45, 7) is 2.80. The van der Waals surface area contributed by atoms with E-state index < -0.39 is 0 Å². The Balaban J connectivity index is 1.74. The molecule has 1 aliphatic heterocycles. The molecule has 1 fully saturated rings. The molecule has 8 nitrogen and oxygen atoms in total. The first kappa shape index (κ1) is 17.4. The Morgan fingerprint density at radius 2 is 2.14 bits per heavy atom. The maximum Gasteiger partial charge on any atom is 0.228 e. The van der Waals surface area contributed by atoms with E-state index in [-0.39, 0.29) is 11.9 Å². The van der Waals surface area contributed by atoms with E-state index in [1.54, 1.807) is 0 Å². The summed E-state index contributed by atoms with van der Waals surface area (Å²) in [6, 6.07) is 8.01. The highest BCUT2D eigenvalue weighted by molar-refractivity contribution is 14.1. The number of anilines is 2. The topological polar surface area (TPSA) is 94.3 Å². The summed E-state index contributed by atoms with van der Waals surface area (Å²) in [5, 5.41) is 5.45. The van der Waals surface area contributed by atoms with E-state index in [0.717, 1.165) is 39.0 Å². The largest absolute Gasteiger partial charge is 0.383 e. The zero-order chi connectivity index (χ0) is 19.4. The summed E-state index contributed by atoms with van der Waals surface area (Å²) in [5.74, 6) is 1.49. The van der Waals surface area contributed by atoms with E-state index in [1.807, 2.05) is 34.0 Å². The van der Waals surface area contributed by atoms with Gasteiger partial charge in [-0.3, -0.25) is 9.69 Å². The van der Waals surface area contributed by atoms with E-state index in [1.165, 1.54) is 6.33 Å². The van der Waals surface area contributed by atoms with Crippen LogP contribution in [0.5, 0.6) is 0 Å². The molecule has 0 aromatic carbocycles. The highest BCUT2D eigenvalue weighted by Crippen LogP contribution is 2.36. The van der Waals surface area contributed by atoms with Crippen molar-refractivity contribution < 1.29 is 4.79 Å². The van der Waals surface area contributed by atoms with Gasteiger partial charge in [0.05, 0.1) is 11.4 Å². The fraction of sp³-hybridized carbons (Fsp3) is 0.263. The van der Waals surface area contributed by atoms with Gasteiger partial charge in [-0.1, -0.05) is 6.07 Å². The quantitative estimate of drug-likeness (QED) is 0.449. The summed E-state index contributed by atoms with van der Waals surface area (Å²) < 4.78 is 4.71. The third-order valence-corrected chi connectivity index (χ3v) is 6.06. The Bertz CT molecular complexity index is 1230. The second-order valence-electron chi connectivity index (χ2n) is 6.94. The Morgan fingerprint density at radius 1 is 1.29 bits per heavy atom. The van der Waals surface area contributed by atoms with Gasteiger partial charge in [0.2, 0.25) is 5.91 Å². The SMILES string of the molecule is CC(c1cc2ccccn2c1N1CCCC1=O)n1nc(I)c2c(N)ncnc21. The van der Waals surface area contributed by atoms with Crippen LogP contribution in [-0.4, -0.2) is 36.6 Å². The standard InChI is InChI=1S/C19H18IN7O/c1-11(27-18-15(16(20)24-27)17(21)22-10-23-18)13-9-12-5-2-3-7-25(12)19(13)26-8-4-6-14(26)28/h2-3,5,7,9-11H,4,6,8H2,1H3,(H2,21,22,23). The lowest BCUT2D eigenvalue weighted by molar-refractivity contribution is -0.117. The molecular weight excluding hydrogens is 469 g/mol. The normalized spacial score (nSPS) is 15.8. The van der Waals surface area contributed by atoms with Gasteiger partial charge in [0, 0.05) is 30.2 Å². The number of hydrogen-bond acceptors (Lipinski definition) is 5. The van der Waals surface area contributed by atoms with Gasteiger partial charge >= 0.3 is 0 Å². The molecule has 0 bridgehead atoms. The van der Waals surface area contributed by atoms with Gasteiger partial charge in [-0.05, 0) is 54.1 Å². The molecular formula is C19H18IN7O. The third-order valence-electron chi connectivity index (χ3n) is 5.30. The van der Waals surface area contributed by atoms with Gasteiger partial charge in [-0.2, -0.15) is 5.10 Å². The average Bonchev–Trinajstić information content (AvgIpc) is 3.37. The van der Waals surface area contributed by atoms with E-state index in [2.05, 4.69) is 49.9 Å². The number of carbonyl (C=O) groups is 1. The average molecular weight is 487 g/mol. The number of rotatable bonds is 3. The zero-order valence-electron chi connectivity index (χ0n) is 15.2. The van der Waals surface area contributed by atoms with Crippen molar-refractivity contribution in [2.75, 3.05) is 17.2 Å². The van der Waals surface area contributed by atoms with Crippen LogP contribution in [0, 0.1) is 3.70 Å². The molecule has 142 valence electrons. The predicted octanol–water partition coefficient (Wildman–Crippen LogP) is 3.00. The highest BCUT2D eigenvalue weighted by Gasteiger charge is 2.30. The summed E-state index contributed by atoms with van der Waals surface area (Å²) in [7, 11) is 0. The van der Waals surface area contributed by atoms with Crippen molar-refractivity contribution in [1.82, 2.24) is 24.1 Å². The minimum atomic E-state index is -0.136. The number of halogens is 1. The van der Waals surface area contributed by atoms with Crippen LogP contribution in [0.1, 0.15) is 31.4 Å². The number of nitrogens with two attached hydrogens (primary N) is 1. The summed E-state index contributed by atoms with van der Waals surface area (Å²) in [5.41, 5.74) is 8.81. The van der Waals surface area contributed by atoms with Gasteiger partial charge in [0.15, 0.2) is 5.65 Å². The maximum absolute atomic E-state index is 12.5. The van der Waals surface area contributed by atoms with Crippen molar-refractivity contribution in [3.8, 4) is 0 Å². The molecule has 0 aliphatic carbocycles. The Labute approximate surface area is 174 Å². The third kappa shape index (κ3) is 2.49. The summed E-state index contributed by atoms with van der Waals surface area (Å²) in [6.07, 6.45) is 4.91. The fourth-order valence-corrected chi connectivity index (χ4v) is 4.70. The fourth-order valence-electron chi connectivity index (χ4n) is 3.95. The molecule has 1 unspecified atom stereocenters. The second kappa shape index (κ2) is 6.43. The van der Waals surface area contributed by atoms with E-state index in [0.29, 0.717) is 17.9 Å². The van der Waals surface area contributed by atoms with E-state index in [4.69, 9.17) is 10.8 Å². The number of hydrogen-bond donors (Lipinski definition) is 1. The summed E-state index contributed by atoms with van der Waals surface area (Å²) >= 11 is 2.16. The number of nitrogen functional groups attached to an aromatic ring is 1. The molecule has 1 atom stereocenters. The van der Waals surface area contributed by atoms with Crippen molar-refractivity contribution >= 4 is 56.7 Å². The molecule has 0 spiro atoms. The zero-order valence-corrected chi connectivity index (χ0v) is 17.4. The van der Waals surface area contributed by atoms with Crippen LogP contribution in [0.15, 0.2) is 36.8 Å². The van der Waals surface area contributed by atoms with Crippen LogP contribution in [0.3, 0.4) is 0 Å². The van der Waals surface area contributed by atoms with Crippen molar-refractivity contribution in [2.45, 2.75) is 25.8 Å². The molecule has 4 aromatic rings. The van der Waals surface area contributed by atoms with Crippen LogP contribution in [0.4, 0.5) is 11.6 Å². The smallest absolute Gasteiger partial charge is 0.228 e. The maximum atomic E-state index is 12.5. The monoisotopic (exact) mass is 487 g/mol. The van der Waals surface area contributed by atoms with Gasteiger partial charge in [-0.25, -0.2) is 14.6 Å². The number of pyridine rings is 1. The van der Waals surface area contributed by atoms with Gasteiger partial charge in [-0.15, -0.1) is 0 Å². The van der Waals surface area contributed by atoms with Crippen LogP contribution < -0.4 is 10.6 Å². The predicted molar refractivity (Wildman–Crippen MR) is 115 cm³/mol. The number of aromatic nitrogens is 5. The highest BCUT2D eigenvalue weighted by atomic mass is 127. The molecule has 0 saturated carbocycles. The molecule has 9 heteroatoms. The Hall–Kier alpha value is -2.69. The lowest BCUT2D eigenvalue weighted by Crippen LogP contribution is -2.27. The molecule has 1 saturated heterocycles. The van der Waals surface area contributed by atoms with E-state index in [9.17, 15) is 4.79 Å². The first-order valence-electron chi connectivity index (χ1n) is 9.11. The first-order chi connectivity index (χ1) is 13.6. The lowest BCUT2D eigenvalue weighted by Gasteiger charge is -2.21. The van der Waals surface area contributed by atoms with Crippen molar-refractivity contribution in [2.24, 2.45) is 0 Å². The van der Waals surface area contributed by atoms with Crippen LogP contribution >= 0.6 is 22.6 Å². The number of carbonyl (C=O) groups excluding carboxylic acids is 1. The van der Waals surface area contributed by atoms with Gasteiger partial charge < -0.3 is 10.1 Å². The first-order valence-corrected chi connectivity index (χ1v) is 10.2. The van der Waals surface area contributed by atoms with Crippen LogP contribution in [0.25, 0.3) is 16.6 Å². The van der Waals surface area contributed by atoms with Crippen LogP contribution in [0.2, 0.25) is 0 Å². The molecule has 5 rings (SSSR count). The molecule has 1 aliphatic rings. The lowest BCUT2D eigenvalue weighted by atomic mass is 10.1. The van der Waals surface area contributed by atoms with Gasteiger partial charge in [0.1, 0.15) is 21.7 Å². The van der Waals surface area contributed by atoms with Crippen molar-refractivity contribution in [3.05, 3.63) is 46.1 Å². The van der Waals surface area contributed by atoms with E-state index >= 15 is 0 Å². The number of amides is 1. The Morgan fingerprint density at radius 3 is 2.93 bits per heavy atom. The number of nitrogens with zero attached hydrogens (tertiary/aromatic N) is 6. The number of fused-ring (bicyclic) bond motifs is 2. The molecule has 2 N–H and O–H groups in total. The molecule has 28 heavy (non-hydrogen) atoms. The van der Waals surface area contributed by atoms with Crippen LogP contribution in [-0.2, 0) is 4.79 Å². The molecule has 1 amide bonds. The molecule has 4 aromatic heterocycles. The van der Waals surface area contributed by atoms with Crippen molar-refractivity contribution in [1.29, 1.82) is 0 Å². The Kier molecular flexibility index (Phi) is 4.00. The van der Waals surface area contributed by atoms with Gasteiger partial charge in [0.25, 0.3) is 0 Å². The minimum Gasteiger partial charge on any atom is -0.383 e. The van der Waals surface area contributed by atoms with Crippen molar-refractivity contribution in [3.63, 3.8) is 0 Å². The molecule has 0 radical (unpaired) electrons. The minimum absolute atomic E-state index is 0.136. The second-order valence-corrected chi connectivity index (χ2v) is 7.96. The molecule has 5 heterocycles.